The van der Waals surface area contributed by atoms with Crippen LogP contribution in [0.5, 0.6) is 0 Å². The molecule has 0 aromatic rings. The Morgan fingerprint density at radius 1 is 1.69 bits per heavy atom. The highest BCUT2D eigenvalue weighted by molar-refractivity contribution is 5.72. The number of hydrogen-bond donors (Lipinski definition) is 0. The maximum absolute atomic E-state index is 11.3. The van der Waals surface area contributed by atoms with Crippen molar-refractivity contribution >= 4 is 5.97 Å². The molecule has 72 valence electrons. The van der Waals surface area contributed by atoms with E-state index in [0.717, 1.165) is 19.4 Å². The van der Waals surface area contributed by atoms with E-state index >= 15 is 0 Å². The fraction of sp³-hybridized carbons (Fsp3) is 0.700. The third kappa shape index (κ3) is 3.47. The summed E-state index contributed by atoms with van der Waals surface area (Å²) in [5.41, 5.74) is 0. The van der Waals surface area contributed by atoms with E-state index in [2.05, 4.69) is 11.8 Å². The molecule has 13 heavy (non-hydrogen) atoms. The van der Waals surface area contributed by atoms with Crippen LogP contribution in [0.25, 0.3) is 0 Å². The van der Waals surface area contributed by atoms with Crippen LogP contribution in [0.1, 0.15) is 19.8 Å². The molecule has 1 aliphatic heterocycles. The maximum Gasteiger partial charge on any atom is 0.312 e. The second-order valence-electron chi connectivity index (χ2n) is 2.95. The average Bonchev–Trinajstić information content (AvgIpc) is 2.19. The number of hydrogen-bond acceptors (Lipinski definition) is 3. The van der Waals surface area contributed by atoms with Crippen molar-refractivity contribution < 1.29 is 14.3 Å². The molecule has 0 radical (unpaired) electrons. The first-order chi connectivity index (χ1) is 6.34. The van der Waals surface area contributed by atoms with Crippen molar-refractivity contribution in [3.8, 4) is 11.8 Å². The first kappa shape index (κ1) is 10.1. The fourth-order valence-corrected chi connectivity index (χ4v) is 1.22. The van der Waals surface area contributed by atoms with Gasteiger partial charge in [-0.15, -0.1) is 5.92 Å². The second-order valence-corrected chi connectivity index (χ2v) is 2.95. The maximum atomic E-state index is 11.3. The third-order valence-electron chi connectivity index (χ3n) is 1.96. The van der Waals surface area contributed by atoms with Crippen LogP contribution in [0.2, 0.25) is 0 Å². The van der Waals surface area contributed by atoms with E-state index in [4.69, 9.17) is 9.47 Å². The van der Waals surface area contributed by atoms with Crippen LogP contribution >= 0.6 is 0 Å². The van der Waals surface area contributed by atoms with Crippen LogP contribution in [0, 0.1) is 17.8 Å². The van der Waals surface area contributed by atoms with Crippen molar-refractivity contribution in [3.63, 3.8) is 0 Å². The minimum absolute atomic E-state index is 0.0765. The van der Waals surface area contributed by atoms with E-state index in [1.165, 1.54) is 0 Å². The summed E-state index contributed by atoms with van der Waals surface area (Å²) in [5.74, 6) is 5.10. The first-order valence-corrected chi connectivity index (χ1v) is 4.48. The molecule has 0 aromatic carbocycles. The van der Waals surface area contributed by atoms with Gasteiger partial charge >= 0.3 is 5.97 Å². The quantitative estimate of drug-likeness (QED) is 0.471. The largest absolute Gasteiger partial charge is 0.452 e. The molecule has 1 unspecified atom stereocenters. The monoisotopic (exact) mass is 182 g/mol. The summed E-state index contributed by atoms with van der Waals surface area (Å²) >= 11 is 0. The zero-order chi connectivity index (χ0) is 9.52. The summed E-state index contributed by atoms with van der Waals surface area (Å²) in [7, 11) is 0. The molecule has 0 aromatic heterocycles. The van der Waals surface area contributed by atoms with E-state index in [-0.39, 0.29) is 18.5 Å². The molecule has 1 rings (SSSR count). The topological polar surface area (TPSA) is 35.5 Å². The lowest BCUT2D eigenvalue weighted by molar-refractivity contribution is -0.151. The van der Waals surface area contributed by atoms with Gasteiger partial charge in [-0.3, -0.25) is 4.79 Å². The Bertz CT molecular complexity index is 218. The Morgan fingerprint density at radius 3 is 3.15 bits per heavy atom. The van der Waals surface area contributed by atoms with Gasteiger partial charge in [-0.1, -0.05) is 5.92 Å². The Kier molecular flexibility index (Phi) is 4.34. The zero-order valence-corrected chi connectivity index (χ0v) is 7.84. The Labute approximate surface area is 78.4 Å². The second kappa shape index (κ2) is 5.60. The molecule has 0 saturated carbocycles. The SMILES string of the molecule is CC#CCOC(=O)C1CCCOC1. The lowest BCUT2D eigenvalue weighted by Crippen LogP contribution is -2.27. The van der Waals surface area contributed by atoms with E-state index in [9.17, 15) is 4.79 Å². The number of esters is 1. The summed E-state index contributed by atoms with van der Waals surface area (Å²) in [6, 6.07) is 0. The van der Waals surface area contributed by atoms with Gasteiger partial charge in [0.05, 0.1) is 12.5 Å². The van der Waals surface area contributed by atoms with Gasteiger partial charge in [0.1, 0.15) is 0 Å². The average molecular weight is 182 g/mol. The highest BCUT2D eigenvalue weighted by Crippen LogP contribution is 2.14. The van der Waals surface area contributed by atoms with E-state index in [1.807, 2.05) is 0 Å². The van der Waals surface area contributed by atoms with Crippen LogP contribution in [0.4, 0.5) is 0 Å². The van der Waals surface area contributed by atoms with Gasteiger partial charge in [-0.2, -0.15) is 0 Å². The van der Waals surface area contributed by atoms with Crippen LogP contribution in [0.15, 0.2) is 0 Å². The van der Waals surface area contributed by atoms with Crippen molar-refractivity contribution in [1.29, 1.82) is 0 Å². The van der Waals surface area contributed by atoms with Crippen molar-refractivity contribution in [2.45, 2.75) is 19.8 Å². The first-order valence-electron chi connectivity index (χ1n) is 4.48. The Hall–Kier alpha value is -1.01. The highest BCUT2D eigenvalue weighted by Gasteiger charge is 2.22. The highest BCUT2D eigenvalue weighted by atomic mass is 16.5. The molecule has 1 heterocycles. The van der Waals surface area contributed by atoms with E-state index in [1.54, 1.807) is 6.92 Å². The van der Waals surface area contributed by atoms with Gasteiger partial charge in [0.15, 0.2) is 6.61 Å². The predicted octanol–water partition coefficient (Wildman–Crippen LogP) is 0.980. The lowest BCUT2D eigenvalue weighted by atomic mass is 10.0. The third-order valence-corrected chi connectivity index (χ3v) is 1.96. The van der Waals surface area contributed by atoms with Crippen LogP contribution < -0.4 is 0 Å². The van der Waals surface area contributed by atoms with Gasteiger partial charge in [0.2, 0.25) is 0 Å². The molecule has 1 saturated heterocycles. The molecule has 0 bridgehead atoms. The van der Waals surface area contributed by atoms with Crippen molar-refractivity contribution in [2.75, 3.05) is 19.8 Å². The number of carbonyl (C=O) groups is 1. The van der Waals surface area contributed by atoms with Gasteiger partial charge in [-0.05, 0) is 19.8 Å². The fourth-order valence-electron chi connectivity index (χ4n) is 1.22. The predicted molar refractivity (Wildman–Crippen MR) is 48.0 cm³/mol. The Balaban J connectivity index is 2.23. The summed E-state index contributed by atoms with van der Waals surface area (Å²) < 4.78 is 10.1. The lowest BCUT2D eigenvalue weighted by Gasteiger charge is -2.19. The molecule has 1 aliphatic rings. The van der Waals surface area contributed by atoms with Crippen molar-refractivity contribution in [2.24, 2.45) is 5.92 Å². The Morgan fingerprint density at radius 2 is 2.54 bits per heavy atom. The molecular weight excluding hydrogens is 168 g/mol. The smallest absolute Gasteiger partial charge is 0.312 e. The molecule has 0 spiro atoms. The zero-order valence-electron chi connectivity index (χ0n) is 7.84. The summed E-state index contributed by atoms with van der Waals surface area (Å²) in [5, 5.41) is 0. The summed E-state index contributed by atoms with van der Waals surface area (Å²) in [4.78, 5) is 11.3. The van der Waals surface area contributed by atoms with Gasteiger partial charge in [0.25, 0.3) is 0 Å². The summed E-state index contributed by atoms with van der Waals surface area (Å²) in [6.45, 7) is 3.18. The van der Waals surface area contributed by atoms with Gasteiger partial charge in [0, 0.05) is 6.61 Å². The molecule has 3 heteroatoms. The number of ether oxygens (including phenoxy) is 2. The van der Waals surface area contributed by atoms with Crippen molar-refractivity contribution in [3.05, 3.63) is 0 Å². The molecular formula is C10H14O3. The minimum atomic E-state index is -0.178. The van der Waals surface area contributed by atoms with E-state index < -0.39 is 0 Å². The van der Waals surface area contributed by atoms with Crippen LogP contribution in [-0.4, -0.2) is 25.8 Å². The standard InChI is InChI=1S/C10H14O3/c1-2-3-7-13-10(11)9-5-4-6-12-8-9/h9H,4-8H2,1H3. The van der Waals surface area contributed by atoms with E-state index in [0.29, 0.717) is 6.61 Å². The number of carbonyl (C=O) groups excluding carboxylic acids is 1. The molecule has 0 N–H and O–H groups in total. The molecule has 3 nitrogen and oxygen atoms in total. The van der Waals surface area contributed by atoms with Gasteiger partial charge in [-0.25, -0.2) is 0 Å². The number of rotatable bonds is 2. The van der Waals surface area contributed by atoms with Gasteiger partial charge < -0.3 is 9.47 Å². The van der Waals surface area contributed by atoms with Crippen LogP contribution in [-0.2, 0) is 14.3 Å². The molecule has 0 aliphatic carbocycles. The molecule has 1 atom stereocenters. The van der Waals surface area contributed by atoms with Crippen molar-refractivity contribution in [1.82, 2.24) is 0 Å². The van der Waals surface area contributed by atoms with Crippen LogP contribution in [0.3, 0.4) is 0 Å². The normalized spacial score (nSPS) is 21.5. The minimum Gasteiger partial charge on any atom is -0.452 e. The molecule has 0 amide bonds. The molecule has 1 fully saturated rings. The summed E-state index contributed by atoms with van der Waals surface area (Å²) in [6.07, 6.45) is 1.82.